The summed E-state index contributed by atoms with van der Waals surface area (Å²) in [5, 5.41) is 8.01. The zero-order chi connectivity index (χ0) is 18.1. The van der Waals surface area contributed by atoms with E-state index in [2.05, 4.69) is 20.1 Å². The first-order chi connectivity index (χ1) is 12.6. The Balaban J connectivity index is 1.57. The number of amides is 1. The average Bonchev–Trinajstić information content (AvgIpc) is 3.07. The number of carbonyl (C=O) groups excluding carboxylic acids is 1. The van der Waals surface area contributed by atoms with Crippen molar-refractivity contribution >= 4 is 23.3 Å². The van der Waals surface area contributed by atoms with Crippen molar-refractivity contribution in [2.75, 3.05) is 5.32 Å². The Labute approximate surface area is 158 Å². The van der Waals surface area contributed by atoms with Gasteiger partial charge in [0.2, 0.25) is 5.91 Å². The fourth-order valence-electron chi connectivity index (χ4n) is 4.05. The van der Waals surface area contributed by atoms with E-state index in [1.54, 1.807) is 6.20 Å². The zero-order valence-corrected chi connectivity index (χ0v) is 15.5. The second kappa shape index (κ2) is 7.37. The minimum atomic E-state index is -0.0383. The van der Waals surface area contributed by atoms with E-state index >= 15 is 0 Å². The van der Waals surface area contributed by atoms with Gasteiger partial charge in [-0.25, -0.2) is 4.98 Å². The summed E-state index contributed by atoms with van der Waals surface area (Å²) in [6.07, 6.45) is 10.4. The minimum Gasteiger partial charge on any atom is -0.328 e. The number of carbonyl (C=O) groups is 1. The number of anilines is 1. The van der Waals surface area contributed by atoms with Crippen molar-refractivity contribution in [1.29, 1.82) is 0 Å². The third kappa shape index (κ3) is 3.48. The molecule has 0 aromatic carbocycles. The number of rotatable bonds is 3. The lowest BCUT2D eigenvalue weighted by Gasteiger charge is -2.25. The highest BCUT2D eigenvalue weighted by Gasteiger charge is 2.26. The number of hydrogen-bond acceptors (Lipinski definition) is 4. The topological polar surface area (TPSA) is 85.8 Å². The van der Waals surface area contributed by atoms with E-state index in [4.69, 9.17) is 17.3 Å². The fourth-order valence-corrected chi connectivity index (χ4v) is 4.26. The SMILES string of the molecule is N[C@@H]1CCC[C@H](C(=O)Nc2cc(-c3cnn4c3CCCC4)c(Cl)cn2)C1. The number of halogens is 1. The molecule has 1 aliphatic carbocycles. The number of fused-ring (bicyclic) bond motifs is 1. The van der Waals surface area contributed by atoms with Gasteiger partial charge in [0.1, 0.15) is 5.82 Å². The molecule has 6 nitrogen and oxygen atoms in total. The summed E-state index contributed by atoms with van der Waals surface area (Å²) in [6, 6.07) is 1.97. The summed E-state index contributed by atoms with van der Waals surface area (Å²) in [4.78, 5) is 16.9. The van der Waals surface area contributed by atoms with Crippen LogP contribution in [0.25, 0.3) is 11.1 Å². The molecule has 2 aromatic rings. The molecular formula is C19H24ClN5O. The summed E-state index contributed by atoms with van der Waals surface area (Å²) in [7, 11) is 0. The highest BCUT2D eigenvalue weighted by molar-refractivity contribution is 6.33. The molecule has 2 aliphatic rings. The van der Waals surface area contributed by atoms with Crippen LogP contribution in [0.1, 0.15) is 44.2 Å². The number of aryl methyl sites for hydroxylation is 1. The molecule has 1 fully saturated rings. The second-order valence-electron chi connectivity index (χ2n) is 7.35. The maximum absolute atomic E-state index is 12.6. The first-order valence-electron chi connectivity index (χ1n) is 9.39. The lowest BCUT2D eigenvalue weighted by molar-refractivity contribution is -0.120. The van der Waals surface area contributed by atoms with E-state index in [-0.39, 0.29) is 17.9 Å². The average molecular weight is 374 g/mol. The third-order valence-corrected chi connectivity index (χ3v) is 5.77. The number of pyridine rings is 1. The minimum absolute atomic E-state index is 0.00189. The highest BCUT2D eigenvalue weighted by atomic mass is 35.5. The quantitative estimate of drug-likeness (QED) is 0.863. The number of nitrogens with zero attached hydrogens (tertiary/aromatic N) is 3. The molecule has 1 aliphatic heterocycles. The molecule has 4 rings (SSSR count). The summed E-state index contributed by atoms with van der Waals surface area (Å²) < 4.78 is 2.05. The first kappa shape index (κ1) is 17.5. The third-order valence-electron chi connectivity index (χ3n) is 5.46. The van der Waals surface area contributed by atoms with Crippen LogP contribution in [-0.2, 0) is 17.8 Å². The van der Waals surface area contributed by atoms with Crippen LogP contribution in [0.3, 0.4) is 0 Å². The molecule has 1 amide bonds. The summed E-state index contributed by atoms with van der Waals surface area (Å²) in [5.74, 6) is 0.492. The molecule has 2 aromatic heterocycles. The van der Waals surface area contributed by atoms with Gasteiger partial charge >= 0.3 is 0 Å². The number of hydrogen-bond donors (Lipinski definition) is 2. The molecule has 0 saturated heterocycles. The van der Waals surface area contributed by atoms with Crippen molar-refractivity contribution in [2.45, 2.75) is 57.5 Å². The van der Waals surface area contributed by atoms with Crippen LogP contribution in [0.2, 0.25) is 5.02 Å². The first-order valence-corrected chi connectivity index (χ1v) is 9.76. The molecular weight excluding hydrogens is 350 g/mol. The Hall–Kier alpha value is -1.92. The van der Waals surface area contributed by atoms with Crippen LogP contribution in [-0.4, -0.2) is 26.7 Å². The molecule has 0 spiro atoms. The van der Waals surface area contributed by atoms with Crippen molar-refractivity contribution in [3.8, 4) is 11.1 Å². The number of nitrogens with one attached hydrogen (secondary N) is 1. The molecule has 3 heterocycles. The Morgan fingerprint density at radius 3 is 2.96 bits per heavy atom. The smallest absolute Gasteiger partial charge is 0.228 e. The molecule has 26 heavy (non-hydrogen) atoms. The predicted octanol–water partition coefficient (Wildman–Crippen LogP) is 3.39. The van der Waals surface area contributed by atoms with Gasteiger partial charge in [-0.15, -0.1) is 0 Å². The number of nitrogens with two attached hydrogens (primary N) is 1. The Kier molecular flexibility index (Phi) is 4.96. The van der Waals surface area contributed by atoms with E-state index in [0.717, 1.165) is 62.6 Å². The van der Waals surface area contributed by atoms with Gasteiger partial charge in [-0.3, -0.25) is 9.48 Å². The summed E-state index contributed by atoms with van der Waals surface area (Å²) in [6.45, 7) is 0.948. The molecule has 3 N–H and O–H groups in total. The molecule has 7 heteroatoms. The molecule has 0 radical (unpaired) electrons. The van der Waals surface area contributed by atoms with Gasteiger partial charge < -0.3 is 11.1 Å². The van der Waals surface area contributed by atoms with Crippen LogP contribution in [0.5, 0.6) is 0 Å². The normalized spacial score (nSPS) is 22.7. The molecule has 0 bridgehead atoms. The standard InChI is InChI=1S/C19H24ClN5O/c20-16-11-22-18(24-19(26)12-4-3-5-13(21)8-12)9-14(16)15-10-23-25-7-2-1-6-17(15)25/h9-13H,1-8,21H2,(H,22,24,26)/t12-,13+/m0/s1. The Morgan fingerprint density at radius 1 is 1.23 bits per heavy atom. The van der Waals surface area contributed by atoms with Gasteiger partial charge in [0, 0.05) is 41.5 Å². The van der Waals surface area contributed by atoms with Crippen molar-refractivity contribution in [3.63, 3.8) is 0 Å². The monoisotopic (exact) mass is 373 g/mol. The van der Waals surface area contributed by atoms with Crippen LogP contribution in [0.4, 0.5) is 5.82 Å². The van der Waals surface area contributed by atoms with Gasteiger partial charge in [-0.2, -0.15) is 5.10 Å². The van der Waals surface area contributed by atoms with Crippen LogP contribution < -0.4 is 11.1 Å². The van der Waals surface area contributed by atoms with E-state index in [9.17, 15) is 4.79 Å². The fraction of sp³-hybridized carbons (Fsp3) is 0.526. The summed E-state index contributed by atoms with van der Waals surface area (Å²) in [5.41, 5.74) is 9.13. The van der Waals surface area contributed by atoms with E-state index in [0.29, 0.717) is 10.8 Å². The summed E-state index contributed by atoms with van der Waals surface area (Å²) >= 11 is 6.41. The van der Waals surface area contributed by atoms with Crippen LogP contribution >= 0.6 is 11.6 Å². The van der Waals surface area contributed by atoms with E-state index < -0.39 is 0 Å². The van der Waals surface area contributed by atoms with Crippen LogP contribution in [0.15, 0.2) is 18.5 Å². The van der Waals surface area contributed by atoms with E-state index in [1.165, 1.54) is 5.69 Å². The molecule has 0 unspecified atom stereocenters. The molecule has 2 atom stereocenters. The van der Waals surface area contributed by atoms with Crippen molar-refractivity contribution in [3.05, 3.63) is 29.2 Å². The van der Waals surface area contributed by atoms with E-state index in [1.807, 2.05) is 12.3 Å². The Bertz CT molecular complexity index is 818. The maximum atomic E-state index is 12.6. The highest BCUT2D eigenvalue weighted by Crippen LogP contribution is 2.34. The molecule has 138 valence electrons. The van der Waals surface area contributed by atoms with Gasteiger partial charge in [0.25, 0.3) is 0 Å². The van der Waals surface area contributed by atoms with Crippen LogP contribution in [0, 0.1) is 5.92 Å². The lowest BCUT2D eigenvalue weighted by atomic mass is 9.85. The van der Waals surface area contributed by atoms with Crippen molar-refractivity contribution in [1.82, 2.24) is 14.8 Å². The Morgan fingerprint density at radius 2 is 2.12 bits per heavy atom. The largest absolute Gasteiger partial charge is 0.328 e. The zero-order valence-electron chi connectivity index (χ0n) is 14.7. The van der Waals surface area contributed by atoms with Gasteiger partial charge in [-0.05, 0) is 44.6 Å². The van der Waals surface area contributed by atoms with Crippen molar-refractivity contribution < 1.29 is 4.79 Å². The maximum Gasteiger partial charge on any atom is 0.228 e. The van der Waals surface area contributed by atoms with Crippen molar-refractivity contribution in [2.24, 2.45) is 11.7 Å². The van der Waals surface area contributed by atoms with Gasteiger partial charge in [0.05, 0.1) is 11.2 Å². The number of aromatic nitrogens is 3. The van der Waals surface area contributed by atoms with Gasteiger partial charge in [0.15, 0.2) is 0 Å². The second-order valence-corrected chi connectivity index (χ2v) is 7.75. The predicted molar refractivity (Wildman–Crippen MR) is 102 cm³/mol. The molecule has 1 saturated carbocycles. The lowest BCUT2D eigenvalue weighted by Crippen LogP contribution is -2.34. The van der Waals surface area contributed by atoms with Gasteiger partial charge in [-0.1, -0.05) is 18.0 Å².